The Morgan fingerprint density at radius 3 is 3.17 bits per heavy atom. The molecule has 2 aromatic heterocycles. The maximum Gasteiger partial charge on any atom is 0.357 e. The molecule has 126 valence electrons. The molecule has 0 aromatic carbocycles. The van der Waals surface area contributed by atoms with Crippen LogP contribution in [0.2, 0.25) is 0 Å². The van der Waals surface area contributed by atoms with Crippen molar-refractivity contribution in [2.45, 2.75) is 25.8 Å². The summed E-state index contributed by atoms with van der Waals surface area (Å²) in [4.78, 5) is 33.1. The normalized spacial score (nSPS) is 17.0. The molecule has 8 nitrogen and oxygen atoms in total. The zero-order valence-electron chi connectivity index (χ0n) is 13.0. The van der Waals surface area contributed by atoms with E-state index >= 15 is 0 Å². The van der Waals surface area contributed by atoms with E-state index in [0.717, 1.165) is 17.8 Å². The van der Waals surface area contributed by atoms with E-state index in [4.69, 9.17) is 4.74 Å². The third kappa shape index (κ3) is 3.07. The van der Waals surface area contributed by atoms with Crippen molar-refractivity contribution in [1.29, 1.82) is 0 Å². The van der Waals surface area contributed by atoms with Crippen LogP contribution >= 0.6 is 11.3 Å². The predicted octanol–water partition coefficient (Wildman–Crippen LogP) is 2.96. The topological polar surface area (TPSA) is 98.5 Å². The highest BCUT2D eigenvalue weighted by Crippen LogP contribution is 2.39. The van der Waals surface area contributed by atoms with E-state index in [2.05, 4.69) is 9.97 Å². The van der Waals surface area contributed by atoms with Crippen LogP contribution in [-0.4, -0.2) is 34.0 Å². The van der Waals surface area contributed by atoms with Crippen LogP contribution in [0.4, 0.5) is 11.5 Å². The zero-order chi connectivity index (χ0) is 17.1. The Bertz CT molecular complexity index is 763. The van der Waals surface area contributed by atoms with Gasteiger partial charge < -0.3 is 9.64 Å². The van der Waals surface area contributed by atoms with Gasteiger partial charge in [-0.1, -0.05) is 0 Å². The van der Waals surface area contributed by atoms with Gasteiger partial charge in [-0.3, -0.25) is 10.1 Å². The van der Waals surface area contributed by atoms with Crippen LogP contribution in [-0.2, 0) is 4.74 Å². The van der Waals surface area contributed by atoms with Crippen molar-refractivity contribution in [3.8, 4) is 0 Å². The summed E-state index contributed by atoms with van der Waals surface area (Å²) in [6, 6.07) is 2.88. The molecule has 1 aliphatic rings. The van der Waals surface area contributed by atoms with Gasteiger partial charge in [0.15, 0.2) is 5.69 Å². The van der Waals surface area contributed by atoms with E-state index in [0.29, 0.717) is 19.0 Å². The molecule has 1 fully saturated rings. The van der Waals surface area contributed by atoms with Crippen LogP contribution in [0.1, 0.15) is 41.3 Å². The number of nitro groups is 1. The number of thiazole rings is 1. The minimum absolute atomic E-state index is 0.0217. The Balaban J connectivity index is 1.89. The highest BCUT2D eigenvalue weighted by atomic mass is 32.1. The Labute approximate surface area is 142 Å². The summed E-state index contributed by atoms with van der Waals surface area (Å²) in [5.41, 5.74) is 0.255. The standard InChI is InChI=1S/C15H16N4O4S/c1-2-23-15(20)10-9-24-14(17-10)12-6-4-8-18(12)13-11(19(21)22)5-3-7-16-13/h3,5,7,9,12H,2,4,6,8H2,1H3. The number of hydrogen-bond donors (Lipinski definition) is 0. The second-order valence-corrected chi connectivity index (χ2v) is 6.14. The second kappa shape index (κ2) is 6.91. The van der Waals surface area contributed by atoms with E-state index in [1.165, 1.54) is 17.4 Å². The molecule has 9 heteroatoms. The largest absolute Gasteiger partial charge is 0.461 e. The van der Waals surface area contributed by atoms with Gasteiger partial charge in [0, 0.05) is 24.2 Å². The van der Waals surface area contributed by atoms with Crippen molar-refractivity contribution in [2.24, 2.45) is 0 Å². The van der Waals surface area contributed by atoms with E-state index in [9.17, 15) is 14.9 Å². The third-order valence-corrected chi connectivity index (χ3v) is 4.73. The fourth-order valence-corrected chi connectivity index (χ4v) is 3.70. The molecular weight excluding hydrogens is 332 g/mol. The maximum atomic E-state index is 11.8. The summed E-state index contributed by atoms with van der Waals surface area (Å²) < 4.78 is 4.96. The molecule has 1 atom stereocenters. The lowest BCUT2D eigenvalue weighted by Crippen LogP contribution is -2.24. The molecule has 0 saturated carbocycles. The zero-order valence-corrected chi connectivity index (χ0v) is 13.9. The van der Waals surface area contributed by atoms with Gasteiger partial charge in [0.1, 0.15) is 5.01 Å². The molecule has 0 spiro atoms. The molecular formula is C15H16N4O4S. The van der Waals surface area contributed by atoms with Crippen molar-refractivity contribution in [2.75, 3.05) is 18.1 Å². The lowest BCUT2D eigenvalue weighted by Gasteiger charge is -2.23. The van der Waals surface area contributed by atoms with E-state index in [-0.39, 0.29) is 17.4 Å². The van der Waals surface area contributed by atoms with Crippen molar-refractivity contribution in [3.63, 3.8) is 0 Å². The Kier molecular flexibility index (Phi) is 4.70. The predicted molar refractivity (Wildman–Crippen MR) is 88.3 cm³/mol. The van der Waals surface area contributed by atoms with E-state index in [1.807, 2.05) is 4.90 Å². The highest BCUT2D eigenvalue weighted by Gasteiger charge is 2.34. The summed E-state index contributed by atoms with van der Waals surface area (Å²) in [6.45, 7) is 2.70. The lowest BCUT2D eigenvalue weighted by atomic mass is 10.2. The molecule has 2 aromatic rings. The Morgan fingerprint density at radius 1 is 1.58 bits per heavy atom. The van der Waals surface area contributed by atoms with Crippen LogP contribution in [0.15, 0.2) is 23.7 Å². The number of esters is 1. The average Bonchev–Trinajstić information content (AvgIpc) is 3.24. The first kappa shape index (κ1) is 16.3. The van der Waals surface area contributed by atoms with Crippen LogP contribution in [0.3, 0.4) is 0 Å². The van der Waals surface area contributed by atoms with Gasteiger partial charge in [0.05, 0.1) is 17.6 Å². The first-order chi connectivity index (χ1) is 11.6. The number of carbonyl (C=O) groups is 1. The van der Waals surface area contributed by atoms with Crippen LogP contribution < -0.4 is 4.90 Å². The molecule has 0 radical (unpaired) electrons. The van der Waals surface area contributed by atoms with Gasteiger partial charge in [-0.15, -0.1) is 11.3 Å². The van der Waals surface area contributed by atoms with E-state index < -0.39 is 10.9 Å². The summed E-state index contributed by atoms with van der Waals surface area (Å²) in [5, 5.41) is 13.7. The van der Waals surface area contributed by atoms with Gasteiger partial charge in [-0.25, -0.2) is 14.8 Å². The molecule has 1 saturated heterocycles. The smallest absolute Gasteiger partial charge is 0.357 e. The molecule has 0 N–H and O–H groups in total. The molecule has 0 aliphatic carbocycles. The minimum Gasteiger partial charge on any atom is -0.461 e. The second-order valence-electron chi connectivity index (χ2n) is 5.25. The molecule has 1 unspecified atom stereocenters. The van der Waals surface area contributed by atoms with Crippen molar-refractivity contribution in [1.82, 2.24) is 9.97 Å². The quantitative estimate of drug-likeness (QED) is 0.465. The number of carbonyl (C=O) groups excluding carboxylic acids is 1. The number of pyridine rings is 1. The number of ether oxygens (including phenoxy) is 1. The molecule has 1 aliphatic heterocycles. The van der Waals surface area contributed by atoms with Crippen molar-refractivity contribution >= 4 is 28.8 Å². The van der Waals surface area contributed by atoms with Gasteiger partial charge in [-0.2, -0.15) is 0 Å². The SMILES string of the molecule is CCOC(=O)c1csc(C2CCCN2c2ncccc2[N+](=O)[O-])n1. The van der Waals surface area contributed by atoms with E-state index in [1.54, 1.807) is 24.6 Å². The van der Waals surface area contributed by atoms with Crippen LogP contribution in [0.25, 0.3) is 0 Å². The first-order valence-electron chi connectivity index (χ1n) is 7.60. The Morgan fingerprint density at radius 2 is 2.42 bits per heavy atom. The fraction of sp³-hybridized carbons (Fsp3) is 0.400. The fourth-order valence-electron chi connectivity index (χ4n) is 2.77. The lowest BCUT2D eigenvalue weighted by molar-refractivity contribution is -0.384. The van der Waals surface area contributed by atoms with Crippen molar-refractivity contribution < 1.29 is 14.5 Å². The van der Waals surface area contributed by atoms with Crippen LogP contribution in [0.5, 0.6) is 0 Å². The van der Waals surface area contributed by atoms with Gasteiger partial charge in [-0.05, 0) is 25.8 Å². The summed E-state index contributed by atoms with van der Waals surface area (Å²) in [5.74, 6) is -0.105. The van der Waals surface area contributed by atoms with Gasteiger partial charge >= 0.3 is 11.7 Å². The minimum atomic E-state index is -0.451. The van der Waals surface area contributed by atoms with Gasteiger partial charge in [0.25, 0.3) is 0 Å². The number of anilines is 1. The number of hydrogen-bond acceptors (Lipinski definition) is 8. The summed E-state index contributed by atoms with van der Waals surface area (Å²) in [7, 11) is 0. The first-order valence-corrected chi connectivity index (χ1v) is 8.48. The third-order valence-electron chi connectivity index (χ3n) is 3.78. The van der Waals surface area contributed by atoms with Crippen LogP contribution in [0, 0.1) is 10.1 Å². The summed E-state index contributed by atoms with van der Waals surface area (Å²) in [6.07, 6.45) is 3.24. The maximum absolute atomic E-state index is 11.8. The number of aromatic nitrogens is 2. The molecule has 3 heterocycles. The molecule has 0 bridgehead atoms. The molecule has 3 rings (SSSR count). The average molecular weight is 348 g/mol. The molecule has 24 heavy (non-hydrogen) atoms. The monoisotopic (exact) mass is 348 g/mol. The molecule has 0 amide bonds. The highest BCUT2D eigenvalue weighted by molar-refractivity contribution is 7.10. The number of nitrogens with zero attached hydrogens (tertiary/aromatic N) is 4. The van der Waals surface area contributed by atoms with Gasteiger partial charge in [0.2, 0.25) is 5.82 Å². The summed E-state index contributed by atoms with van der Waals surface area (Å²) >= 11 is 1.36. The van der Waals surface area contributed by atoms with Crippen molar-refractivity contribution in [3.05, 3.63) is 44.5 Å². The Hall–Kier alpha value is -2.55. The number of rotatable bonds is 5.